The fourth-order valence-corrected chi connectivity index (χ4v) is 2.96. The van der Waals surface area contributed by atoms with E-state index in [1.165, 1.54) is 4.90 Å². The first kappa shape index (κ1) is 14.7. The second-order valence-electron chi connectivity index (χ2n) is 5.71. The van der Waals surface area contributed by atoms with Crippen LogP contribution in [-0.4, -0.2) is 47.9 Å². The Kier molecular flexibility index (Phi) is 3.72. The molecule has 118 valence electrons. The predicted molar refractivity (Wildman–Crippen MR) is 75.0 cm³/mol. The zero-order valence-electron chi connectivity index (χ0n) is 12.2. The number of carbonyl (C=O) groups excluding carboxylic acids is 2. The molecule has 1 N–H and O–H groups in total. The number of amides is 3. The number of urea groups is 1. The highest BCUT2D eigenvalue weighted by Crippen LogP contribution is 2.24. The Balaban J connectivity index is 1.71. The van der Waals surface area contributed by atoms with Crippen molar-refractivity contribution in [1.29, 1.82) is 0 Å². The molecule has 0 saturated carbocycles. The van der Waals surface area contributed by atoms with Gasteiger partial charge in [0.2, 0.25) is 5.91 Å². The minimum absolute atomic E-state index is 0.0154. The Morgan fingerprint density at radius 1 is 1.23 bits per heavy atom. The van der Waals surface area contributed by atoms with Crippen LogP contribution in [0.5, 0.6) is 0 Å². The lowest BCUT2D eigenvalue weighted by Crippen LogP contribution is -2.49. The van der Waals surface area contributed by atoms with Crippen molar-refractivity contribution in [2.45, 2.75) is 25.4 Å². The minimum atomic E-state index is -0.531. The normalized spacial score (nSPS) is 21.0. The summed E-state index contributed by atoms with van der Waals surface area (Å²) in [6, 6.07) is 1.24. The van der Waals surface area contributed by atoms with Crippen LogP contribution in [0.4, 0.5) is 13.6 Å². The molecule has 0 unspecified atom stereocenters. The summed E-state index contributed by atoms with van der Waals surface area (Å²) in [5, 5.41) is 2.67. The maximum absolute atomic E-state index is 13.8. The van der Waals surface area contributed by atoms with Gasteiger partial charge in [-0.15, -0.1) is 0 Å². The smallest absolute Gasteiger partial charge is 0.318 e. The minimum Gasteiger partial charge on any atom is -0.344 e. The van der Waals surface area contributed by atoms with E-state index in [9.17, 15) is 18.4 Å². The first-order chi connectivity index (χ1) is 10.5. The molecule has 1 atom stereocenters. The molecule has 2 heterocycles. The Morgan fingerprint density at radius 2 is 1.91 bits per heavy atom. The zero-order valence-corrected chi connectivity index (χ0v) is 12.2. The summed E-state index contributed by atoms with van der Waals surface area (Å²) in [5.41, 5.74) is 0.553. The van der Waals surface area contributed by atoms with Gasteiger partial charge in [-0.25, -0.2) is 13.6 Å². The largest absolute Gasteiger partial charge is 0.344 e. The Labute approximate surface area is 126 Å². The van der Waals surface area contributed by atoms with E-state index in [-0.39, 0.29) is 24.4 Å². The fraction of sp³-hybridized carbons (Fsp3) is 0.467. The van der Waals surface area contributed by atoms with Crippen LogP contribution >= 0.6 is 0 Å². The van der Waals surface area contributed by atoms with E-state index >= 15 is 0 Å². The topological polar surface area (TPSA) is 52.7 Å². The second-order valence-corrected chi connectivity index (χ2v) is 5.71. The molecule has 1 aromatic carbocycles. The van der Waals surface area contributed by atoms with Crippen molar-refractivity contribution in [3.63, 3.8) is 0 Å². The van der Waals surface area contributed by atoms with Crippen molar-refractivity contribution in [1.82, 2.24) is 15.1 Å². The van der Waals surface area contributed by atoms with Crippen molar-refractivity contribution in [3.05, 3.63) is 34.9 Å². The first-order valence-electron chi connectivity index (χ1n) is 7.23. The molecule has 1 fully saturated rings. The molecule has 3 rings (SSSR count). The standard InChI is InChI=1S/C15H17F2N3O2/c1-19-6-5-13(14(19)21)18-15(22)20-7-4-9-10(8-20)12(17)3-2-11(9)16/h2-3,13H,4-8H2,1H3,(H,18,22)/t13-/m0/s1. The molecule has 1 saturated heterocycles. The van der Waals surface area contributed by atoms with Crippen LogP contribution in [0, 0.1) is 11.6 Å². The van der Waals surface area contributed by atoms with Crippen LogP contribution in [0.3, 0.4) is 0 Å². The lowest BCUT2D eigenvalue weighted by molar-refractivity contribution is -0.128. The number of hydrogen-bond donors (Lipinski definition) is 1. The average Bonchev–Trinajstić information content (AvgIpc) is 2.83. The molecule has 2 aliphatic rings. The summed E-state index contributed by atoms with van der Waals surface area (Å²) in [6.07, 6.45) is 0.833. The van der Waals surface area contributed by atoms with Crippen LogP contribution in [-0.2, 0) is 17.8 Å². The molecule has 5 nitrogen and oxygen atoms in total. The molecule has 7 heteroatoms. The van der Waals surface area contributed by atoms with Crippen LogP contribution < -0.4 is 5.32 Å². The van der Waals surface area contributed by atoms with Gasteiger partial charge in [-0.05, 0) is 30.5 Å². The molecule has 1 aromatic rings. The van der Waals surface area contributed by atoms with Gasteiger partial charge in [-0.1, -0.05) is 0 Å². The van der Waals surface area contributed by atoms with E-state index in [1.807, 2.05) is 0 Å². The zero-order chi connectivity index (χ0) is 15.9. The molecule has 0 aromatic heterocycles. The molecular formula is C15H17F2N3O2. The third-order valence-electron chi connectivity index (χ3n) is 4.31. The number of halogens is 2. The molecule has 0 aliphatic carbocycles. The molecular weight excluding hydrogens is 292 g/mol. The van der Waals surface area contributed by atoms with Crippen LogP contribution in [0.2, 0.25) is 0 Å². The molecule has 2 aliphatic heterocycles. The highest BCUT2D eigenvalue weighted by molar-refractivity contribution is 5.88. The summed E-state index contributed by atoms with van der Waals surface area (Å²) in [6.45, 7) is 0.921. The van der Waals surface area contributed by atoms with E-state index < -0.39 is 23.7 Å². The second kappa shape index (κ2) is 5.55. The van der Waals surface area contributed by atoms with Crippen LogP contribution in [0.15, 0.2) is 12.1 Å². The highest BCUT2D eigenvalue weighted by Gasteiger charge is 2.32. The van der Waals surface area contributed by atoms with Gasteiger partial charge >= 0.3 is 6.03 Å². The summed E-state index contributed by atoms with van der Waals surface area (Å²) < 4.78 is 27.5. The lowest BCUT2D eigenvalue weighted by atomic mass is 9.99. The van der Waals surface area contributed by atoms with Gasteiger partial charge in [0.15, 0.2) is 0 Å². The van der Waals surface area contributed by atoms with E-state index in [0.717, 1.165) is 12.1 Å². The van der Waals surface area contributed by atoms with Gasteiger partial charge in [0.05, 0.1) is 6.54 Å². The molecule has 3 amide bonds. The maximum Gasteiger partial charge on any atom is 0.318 e. The first-order valence-corrected chi connectivity index (χ1v) is 7.23. The number of hydrogen-bond acceptors (Lipinski definition) is 2. The Hall–Kier alpha value is -2.18. The number of fused-ring (bicyclic) bond motifs is 1. The van der Waals surface area contributed by atoms with Gasteiger partial charge in [-0.2, -0.15) is 0 Å². The lowest BCUT2D eigenvalue weighted by Gasteiger charge is -2.30. The molecule has 22 heavy (non-hydrogen) atoms. The quantitative estimate of drug-likeness (QED) is 0.849. The van der Waals surface area contributed by atoms with Gasteiger partial charge in [-0.3, -0.25) is 4.79 Å². The van der Waals surface area contributed by atoms with E-state index in [0.29, 0.717) is 25.1 Å². The number of likely N-dealkylation sites (N-methyl/N-ethyl adjacent to an activating group) is 1. The number of likely N-dealkylation sites (tertiary alicyclic amines) is 1. The van der Waals surface area contributed by atoms with Gasteiger partial charge in [0, 0.05) is 25.7 Å². The van der Waals surface area contributed by atoms with E-state index in [2.05, 4.69) is 5.32 Å². The average molecular weight is 309 g/mol. The van der Waals surface area contributed by atoms with Crippen molar-refractivity contribution in [2.75, 3.05) is 20.1 Å². The maximum atomic E-state index is 13.8. The molecule has 0 radical (unpaired) electrons. The fourth-order valence-electron chi connectivity index (χ4n) is 2.96. The van der Waals surface area contributed by atoms with Gasteiger partial charge in [0.1, 0.15) is 17.7 Å². The summed E-state index contributed by atoms with van der Waals surface area (Å²) in [4.78, 5) is 27.0. The van der Waals surface area contributed by atoms with Crippen molar-refractivity contribution in [2.24, 2.45) is 0 Å². The van der Waals surface area contributed by atoms with Crippen molar-refractivity contribution < 1.29 is 18.4 Å². The molecule has 0 bridgehead atoms. The van der Waals surface area contributed by atoms with Crippen LogP contribution in [0.25, 0.3) is 0 Å². The third kappa shape index (κ3) is 2.51. The number of nitrogens with zero attached hydrogens (tertiary/aromatic N) is 2. The van der Waals surface area contributed by atoms with Gasteiger partial charge in [0.25, 0.3) is 0 Å². The summed E-state index contributed by atoms with van der Waals surface area (Å²) in [7, 11) is 1.68. The third-order valence-corrected chi connectivity index (χ3v) is 4.31. The van der Waals surface area contributed by atoms with Crippen LogP contribution in [0.1, 0.15) is 17.5 Å². The molecule has 0 spiro atoms. The summed E-state index contributed by atoms with van der Waals surface area (Å²) in [5.74, 6) is -1.07. The summed E-state index contributed by atoms with van der Waals surface area (Å²) >= 11 is 0. The SMILES string of the molecule is CN1CC[C@H](NC(=O)N2CCc3c(F)ccc(F)c3C2)C1=O. The Morgan fingerprint density at radius 3 is 2.55 bits per heavy atom. The highest BCUT2D eigenvalue weighted by atomic mass is 19.1. The predicted octanol–water partition coefficient (Wildman–Crippen LogP) is 1.26. The van der Waals surface area contributed by atoms with Crippen molar-refractivity contribution in [3.8, 4) is 0 Å². The Bertz CT molecular complexity index is 635. The number of rotatable bonds is 1. The van der Waals surface area contributed by atoms with Gasteiger partial charge < -0.3 is 15.1 Å². The number of nitrogens with one attached hydrogen (secondary N) is 1. The monoisotopic (exact) mass is 309 g/mol. The van der Waals surface area contributed by atoms with E-state index in [4.69, 9.17) is 0 Å². The number of benzene rings is 1. The van der Waals surface area contributed by atoms with Crippen molar-refractivity contribution >= 4 is 11.9 Å². The number of carbonyl (C=O) groups is 2. The van der Waals surface area contributed by atoms with E-state index in [1.54, 1.807) is 11.9 Å².